The van der Waals surface area contributed by atoms with Crippen LogP contribution in [0.1, 0.15) is 20.8 Å². The highest BCUT2D eigenvalue weighted by molar-refractivity contribution is 7.09. The highest BCUT2D eigenvalue weighted by Crippen LogP contribution is 2.22. The second kappa shape index (κ2) is 9.04. The SMILES string of the molecule is O=C(Cc1ccc(NC(=O)c2ccc(Cl)cc2Cl)cc1)NCc1cccs1. The van der Waals surface area contributed by atoms with Crippen molar-refractivity contribution < 1.29 is 9.59 Å². The lowest BCUT2D eigenvalue weighted by Gasteiger charge is -2.08. The lowest BCUT2D eigenvalue weighted by Crippen LogP contribution is -2.24. The predicted molar refractivity (Wildman–Crippen MR) is 111 cm³/mol. The van der Waals surface area contributed by atoms with Gasteiger partial charge < -0.3 is 10.6 Å². The number of halogens is 2. The van der Waals surface area contributed by atoms with Gasteiger partial charge in [0.05, 0.1) is 23.6 Å². The molecule has 7 heteroatoms. The largest absolute Gasteiger partial charge is 0.351 e. The Morgan fingerprint density at radius 1 is 1.00 bits per heavy atom. The van der Waals surface area contributed by atoms with E-state index in [9.17, 15) is 9.59 Å². The molecular formula is C20H16Cl2N2O2S. The number of hydrogen-bond donors (Lipinski definition) is 2. The Balaban J connectivity index is 1.55. The Morgan fingerprint density at radius 2 is 1.78 bits per heavy atom. The molecule has 2 N–H and O–H groups in total. The van der Waals surface area contributed by atoms with Crippen LogP contribution < -0.4 is 10.6 Å². The number of amides is 2. The molecule has 3 rings (SSSR count). The maximum absolute atomic E-state index is 12.3. The van der Waals surface area contributed by atoms with Crippen molar-refractivity contribution in [1.82, 2.24) is 5.32 Å². The molecular weight excluding hydrogens is 403 g/mol. The molecule has 0 atom stereocenters. The molecule has 2 aromatic carbocycles. The first-order chi connectivity index (χ1) is 13.0. The average molecular weight is 419 g/mol. The summed E-state index contributed by atoms with van der Waals surface area (Å²) in [4.78, 5) is 25.4. The number of carbonyl (C=O) groups is 2. The van der Waals surface area contributed by atoms with Gasteiger partial charge >= 0.3 is 0 Å². The van der Waals surface area contributed by atoms with Crippen LogP contribution in [0.25, 0.3) is 0 Å². The molecule has 0 spiro atoms. The first kappa shape index (κ1) is 19.4. The lowest BCUT2D eigenvalue weighted by atomic mass is 10.1. The zero-order chi connectivity index (χ0) is 19.2. The molecule has 0 unspecified atom stereocenters. The fourth-order valence-corrected chi connectivity index (χ4v) is 3.56. The molecule has 0 saturated heterocycles. The summed E-state index contributed by atoms with van der Waals surface area (Å²) in [6, 6.07) is 15.8. The summed E-state index contributed by atoms with van der Waals surface area (Å²) in [5.41, 5.74) is 1.83. The average Bonchev–Trinajstić information content (AvgIpc) is 3.15. The summed E-state index contributed by atoms with van der Waals surface area (Å²) >= 11 is 13.5. The minimum atomic E-state index is -0.321. The zero-order valence-corrected chi connectivity index (χ0v) is 16.5. The van der Waals surface area contributed by atoms with Gasteiger partial charge in [-0.15, -0.1) is 11.3 Å². The molecule has 0 saturated carbocycles. The van der Waals surface area contributed by atoms with Crippen molar-refractivity contribution >= 4 is 52.0 Å². The van der Waals surface area contributed by atoms with E-state index in [4.69, 9.17) is 23.2 Å². The fourth-order valence-electron chi connectivity index (χ4n) is 2.42. The Labute approximate surface area is 171 Å². The number of thiophene rings is 1. The second-order valence-corrected chi connectivity index (χ2v) is 7.68. The van der Waals surface area contributed by atoms with E-state index >= 15 is 0 Å². The van der Waals surface area contributed by atoms with E-state index in [0.29, 0.717) is 27.8 Å². The summed E-state index contributed by atoms with van der Waals surface area (Å²) in [5, 5.41) is 8.41. The number of rotatable bonds is 6. The van der Waals surface area contributed by atoms with Crippen molar-refractivity contribution in [3.05, 3.63) is 86.0 Å². The third kappa shape index (κ3) is 5.57. The van der Waals surface area contributed by atoms with Crippen LogP contribution in [0.4, 0.5) is 5.69 Å². The van der Waals surface area contributed by atoms with Gasteiger partial charge in [-0.2, -0.15) is 0 Å². The maximum atomic E-state index is 12.3. The van der Waals surface area contributed by atoms with Gasteiger partial charge in [-0.05, 0) is 47.3 Å². The van der Waals surface area contributed by atoms with E-state index in [1.165, 1.54) is 6.07 Å². The van der Waals surface area contributed by atoms with Crippen molar-refractivity contribution in [1.29, 1.82) is 0 Å². The van der Waals surface area contributed by atoms with Gasteiger partial charge in [0, 0.05) is 15.6 Å². The third-order valence-corrected chi connectivity index (χ3v) is 5.22. The number of hydrogen-bond acceptors (Lipinski definition) is 3. The zero-order valence-electron chi connectivity index (χ0n) is 14.2. The third-order valence-electron chi connectivity index (χ3n) is 3.79. The Hall–Kier alpha value is -2.34. The van der Waals surface area contributed by atoms with Gasteiger partial charge in [-0.3, -0.25) is 9.59 Å². The van der Waals surface area contributed by atoms with E-state index in [1.807, 2.05) is 29.6 Å². The molecule has 0 aliphatic carbocycles. The van der Waals surface area contributed by atoms with Crippen LogP contribution in [0.15, 0.2) is 60.0 Å². The monoisotopic (exact) mass is 418 g/mol. The van der Waals surface area contributed by atoms with Gasteiger partial charge in [0.1, 0.15) is 0 Å². The van der Waals surface area contributed by atoms with Crippen LogP contribution in [0.5, 0.6) is 0 Å². The molecule has 138 valence electrons. The summed E-state index contributed by atoms with van der Waals surface area (Å²) in [6.07, 6.45) is 0.280. The molecule has 0 aliphatic rings. The molecule has 0 bridgehead atoms. The van der Waals surface area contributed by atoms with Crippen molar-refractivity contribution in [3.8, 4) is 0 Å². The van der Waals surface area contributed by atoms with Crippen LogP contribution in [0.3, 0.4) is 0 Å². The van der Waals surface area contributed by atoms with E-state index < -0.39 is 0 Å². The van der Waals surface area contributed by atoms with Crippen LogP contribution in [0.2, 0.25) is 10.0 Å². The Kier molecular flexibility index (Phi) is 6.50. The van der Waals surface area contributed by atoms with Crippen molar-refractivity contribution in [3.63, 3.8) is 0 Å². The topological polar surface area (TPSA) is 58.2 Å². The number of nitrogens with one attached hydrogen (secondary N) is 2. The highest BCUT2D eigenvalue weighted by Gasteiger charge is 2.11. The minimum absolute atomic E-state index is 0.0480. The van der Waals surface area contributed by atoms with E-state index in [1.54, 1.807) is 35.6 Å². The molecule has 27 heavy (non-hydrogen) atoms. The summed E-state index contributed by atoms with van der Waals surface area (Å²) < 4.78 is 0. The Morgan fingerprint density at radius 3 is 2.44 bits per heavy atom. The van der Waals surface area contributed by atoms with Crippen LogP contribution >= 0.6 is 34.5 Å². The molecule has 1 heterocycles. The molecule has 3 aromatic rings. The molecule has 2 amide bonds. The van der Waals surface area contributed by atoms with E-state index in [-0.39, 0.29) is 18.2 Å². The first-order valence-electron chi connectivity index (χ1n) is 8.15. The Bertz CT molecular complexity index is 941. The van der Waals surface area contributed by atoms with Crippen molar-refractivity contribution in [2.45, 2.75) is 13.0 Å². The van der Waals surface area contributed by atoms with Gasteiger partial charge in [0.15, 0.2) is 0 Å². The minimum Gasteiger partial charge on any atom is -0.351 e. The fraction of sp³-hybridized carbons (Fsp3) is 0.100. The molecule has 0 radical (unpaired) electrons. The van der Waals surface area contributed by atoms with Crippen LogP contribution in [0, 0.1) is 0 Å². The van der Waals surface area contributed by atoms with Gasteiger partial charge in [-0.1, -0.05) is 41.4 Å². The van der Waals surface area contributed by atoms with E-state index in [2.05, 4.69) is 10.6 Å². The summed E-state index contributed by atoms with van der Waals surface area (Å²) in [6.45, 7) is 0.534. The normalized spacial score (nSPS) is 10.4. The van der Waals surface area contributed by atoms with Crippen molar-refractivity contribution in [2.75, 3.05) is 5.32 Å². The number of anilines is 1. The van der Waals surface area contributed by atoms with E-state index in [0.717, 1.165) is 10.4 Å². The molecule has 0 aliphatic heterocycles. The standard InChI is InChI=1S/C20H16Cl2N2O2S/c21-14-5-8-17(18(22)11-14)20(26)24-15-6-3-13(4-7-15)10-19(25)23-12-16-2-1-9-27-16/h1-9,11H,10,12H2,(H,23,25)(H,24,26). The molecule has 4 nitrogen and oxygen atoms in total. The predicted octanol–water partition coefficient (Wildman–Crippen LogP) is 5.17. The quantitative estimate of drug-likeness (QED) is 0.580. The van der Waals surface area contributed by atoms with Gasteiger partial charge in [0.25, 0.3) is 5.91 Å². The van der Waals surface area contributed by atoms with Crippen LogP contribution in [-0.4, -0.2) is 11.8 Å². The van der Waals surface area contributed by atoms with Crippen molar-refractivity contribution in [2.24, 2.45) is 0 Å². The first-order valence-corrected chi connectivity index (χ1v) is 9.79. The lowest BCUT2D eigenvalue weighted by molar-refractivity contribution is -0.120. The molecule has 0 fully saturated rings. The second-order valence-electron chi connectivity index (χ2n) is 5.81. The number of benzene rings is 2. The maximum Gasteiger partial charge on any atom is 0.257 e. The highest BCUT2D eigenvalue weighted by atomic mass is 35.5. The van der Waals surface area contributed by atoms with Crippen LogP contribution in [-0.2, 0) is 17.8 Å². The molecule has 1 aromatic heterocycles. The summed E-state index contributed by atoms with van der Waals surface area (Å²) in [5.74, 6) is -0.369. The summed E-state index contributed by atoms with van der Waals surface area (Å²) in [7, 11) is 0. The smallest absolute Gasteiger partial charge is 0.257 e. The number of carbonyl (C=O) groups excluding carboxylic acids is 2. The van der Waals surface area contributed by atoms with Gasteiger partial charge in [0.2, 0.25) is 5.91 Å². The van der Waals surface area contributed by atoms with Gasteiger partial charge in [-0.25, -0.2) is 0 Å².